The number of aromatic nitrogens is 1. The van der Waals surface area contributed by atoms with Crippen LogP contribution in [0.15, 0.2) is 12.3 Å². The third-order valence-corrected chi connectivity index (χ3v) is 2.14. The lowest BCUT2D eigenvalue weighted by Crippen LogP contribution is -2.28. The predicted octanol–water partition coefficient (Wildman–Crippen LogP) is 1.35. The maximum Gasteiger partial charge on any atom is 0.227 e. The van der Waals surface area contributed by atoms with Crippen molar-refractivity contribution in [1.82, 2.24) is 4.98 Å². The fourth-order valence-electron chi connectivity index (χ4n) is 1.38. The molecule has 2 rings (SSSR count). The molecule has 1 aliphatic rings. The highest BCUT2D eigenvalue weighted by atomic mass is 19.1. The number of halogens is 1. The van der Waals surface area contributed by atoms with Gasteiger partial charge in [-0.15, -0.1) is 0 Å². The number of rotatable bonds is 0. The molecule has 1 aromatic rings. The Morgan fingerprint density at radius 3 is 3.23 bits per heavy atom. The molecule has 4 heteroatoms. The summed E-state index contributed by atoms with van der Waals surface area (Å²) >= 11 is 0. The average Bonchev–Trinajstić information content (AvgIpc) is 2.08. The van der Waals surface area contributed by atoms with Gasteiger partial charge in [-0.25, -0.2) is 4.39 Å². The van der Waals surface area contributed by atoms with Gasteiger partial charge in [0.1, 0.15) is 5.82 Å². The third-order valence-electron chi connectivity index (χ3n) is 2.14. The number of nitrogens with one attached hydrogen (secondary N) is 1. The topological polar surface area (TPSA) is 42.0 Å². The lowest BCUT2D eigenvalue weighted by atomic mass is 9.99. The summed E-state index contributed by atoms with van der Waals surface area (Å²) in [5.41, 5.74) is 1.26. The minimum atomic E-state index is -0.423. The van der Waals surface area contributed by atoms with Gasteiger partial charge in [0.25, 0.3) is 0 Å². The van der Waals surface area contributed by atoms with Crippen LogP contribution in [0.1, 0.15) is 12.6 Å². The highest BCUT2D eigenvalue weighted by molar-refractivity contribution is 5.95. The van der Waals surface area contributed by atoms with E-state index >= 15 is 0 Å². The Morgan fingerprint density at radius 2 is 2.46 bits per heavy atom. The van der Waals surface area contributed by atoms with Gasteiger partial charge in [-0.2, -0.15) is 0 Å². The van der Waals surface area contributed by atoms with E-state index in [1.54, 1.807) is 0 Å². The Labute approximate surface area is 75.0 Å². The first-order chi connectivity index (χ1) is 6.16. The molecule has 1 unspecified atom stereocenters. The highest BCUT2D eigenvalue weighted by Gasteiger charge is 2.23. The fourth-order valence-corrected chi connectivity index (χ4v) is 1.38. The Morgan fingerprint density at radius 1 is 1.69 bits per heavy atom. The standard InChI is InChI=1S/C9H9FN2O/c1-5-2-7-8(12-9(5)13)3-6(10)4-11-7/h3-5H,2H2,1H3,(H,12,13). The van der Waals surface area contributed by atoms with E-state index in [1.165, 1.54) is 12.3 Å². The number of nitrogens with zero attached hydrogens (tertiary/aromatic N) is 1. The van der Waals surface area contributed by atoms with E-state index in [1.807, 2.05) is 6.92 Å². The summed E-state index contributed by atoms with van der Waals surface area (Å²) < 4.78 is 12.7. The molecule has 1 N–H and O–H groups in total. The number of amides is 1. The summed E-state index contributed by atoms with van der Waals surface area (Å²) in [6, 6.07) is 1.30. The summed E-state index contributed by atoms with van der Waals surface area (Å²) in [5, 5.41) is 2.61. The second kappa shape index (κ2) is 2.80. The molecule has 0 aromatic carbocycles. The van der Waals surface area contributed by atoms with Gasteiger partial charge in [-0.1, -0.05) is 6.92 Å². The summed E-state index contributed by atoms with van der Waals surface area (Å²) in [5.74, 6) is -0.570. The number of fused-ring (bicyclic) bond motifs is 1. The number of carbonyl (C=O) groups excluding carboxylic acids is 1. The van der Waals surface area contributed by atoms with E-state index in [0.29, 0.717) is 12.1 Å². The van der Waals surface area contributed by atoms with Crippen molar-refractivity contribution < 1.29 is 9.18 Å². The second-order valence-corrected chi connectivity index (χ2v) is 3.24. The molecule has 0 bridgehead atoms. The average molecular weight is 180 g/mol. The molecule has 68 valence electrons. The molecule has 0 saturated carbocycles. The quantitative estimate of drug-likeness (QED) is 0.654. The molecular weight excluding hydrogens is 171 g/mol. The Bertz CT molecular complexity index is 365. The van der Waals surface area contributed by atoms with Crippen LogP contribution < -0.4 is 5.32 Å². The number of hydrogen-bond donors (Lipinski definition) is 1. The van der Waals surface area contributed by atoms with Gasteiger partial charge in [0.05, 0.1) is 17.6 Å². The van der Waals surface area contributed by atoms with Gasteiger partial charge in [0.2, 0.25) is 5.91 Å². The minimum Gasteiger partial charge on any atom is -0.324 e. The SMILES string of the molecule is CC1Cc2ncc(F)cc2NC1=O. The van der Waals surface area contributed by atoms with Gasteiger partial charge < -0.3 is 5.32 Å². The van der Waals surface area contributed by atoms with E-state index in [-0.39, 0.29) is 11.8 Å². The van der Waals surface area contributed by atoms with Crippen molar-refractivity contribution in [3.63, 3.8) is 0 Å². The van der Waals surface area contributed by atoms with Crippen LogP contribution in [0.5, 0.6) is 0 Å². The molecule has 0 radical (unpaired) electrons. The van der Waals surface area contributed by atoms with Crippen LogP contribution >= 0.6 is 0 Å². The maximum absolute atomic E-state index is 12.7. The number of pyridine rings is 1. The lowest BCUT2D eigenvalue weighted by Gasteiger charge is -2.20. The monoisotopic (exact) mass is 180 g/mol. The molecule has 1 aromatic heterocycles. The number of anilines is 1. The van der Waals surface area contributed by atoms with Crippen molar-refractivity contribution in [2.45, 2.75) is 13.3 Å². The first kappa shape index (κ1) is 8.16. The van der Waals surface area contributed by atoms with E-state index in [4.69, 9.17) is 0 Å². The number of carbonyl (C=O) groups is 1. The van der Waals surface area contributed by atoms with Crippen molar-refractivity contribution >= 4 is 11.6 Å². The summed E-state index contributed by atoms with van der Waals surface area (Å²) in [7, 11) is 0. The van der Waals surface area contributed by atoms with E-state index in [2.05, 4.69) is 10.3 Å². The van der Waals surface area contributed by atoms with Crippen molar-refractivity contribution in [3.8, 4) is 0 Å². The fraction of sp³-hybridized carbons (Fsp3) is 0.333. The summed E-state index contributed by atoms with van der Waals surface area (Å²) in [6.45, 7) is 1.82. The molecule has 0 aliphatic carbocycles. The van der Waals surface area contributed by atoms with E-state index in [0.717, 1.165) is 5.69 Å². The third kappa shape index (κ3) is 1.39. The van der Waals surface area contributed by atoms with Crippen LogP contribution in [0.25, 0.3) is 0 Å². The largest absolute Gasteiger partial charge is 0.324 e. The summed E-state index contributed by atoms with van der Waals surface area (Å²) in [6.07, 6.45) is 1.75. The predicted molar refractivity (Wildman–Crippen MR) is 45.7 cm³/mol. The zero-order chi connectivity index (χ0) is 9.42. The minimum absolute atomic E-state index is 0.0695. The molecular formula is C9H9FN2O. The highest BCUT2D eigenvalue weighted by Crippen LogP contribution is 2.23. The van der Waals surface area contributed by atoms with Crippen molar-refractivity contribution in [3.05, 3.63) is 23.8 Å². The first-order valence-electron chi connectivity index (χ1n) is 4.12. The van der Waals surface area contributed by atoms with E-state index in [9.17, 15) is 9.18 Å². The zero-order valence-electron chi connectivity index (χ0n) is 7.17. The zero-order valence-corrected chi connectivity index (χ0v) is 7.17. The molecule has 13 heavy (non-hydrogen) atoms. The van der Waals surface area contributed by atoms with Gasteiger partial charge in [-0.3, -0.25) is 9.78 Å². The van der Waals surface area contributed by atoms with Crippen molar-refractivity contribution in [2.24, 2.45) is 5.92 Å². The molecule has 1 aliphatic heterocycles. The van der Waals surface area contributed by atoms with Crippen molar-refractivity contribution in [1.29, 1.82) is 0 Å². The maximum atomic E-state index is 12.7. The van der Waals surface area contributed by atoms with Crippen LogP contribution in [0.2, 0.25) is 0 Å². The van der Waals surface area contributed by atoms with Crippen molar-refractivity contribution in [2.75, 3.05) is 5.32 Å². The molecule has 3 nitrogen and oxygen atoms in total. The van der Waals surface area contributed by atoms with Crippen LogP contribution in [-0.2, 0) is 11.2 Å². The molecule has 2 heterocycles. The molecule has 0 spiro atoms. The molecule has 1 amide bonds. The Kier molecular flexibility index (Phi) is 1.76. The lowest BCUT2D eigenvalue weighted by molar-refractivity contribution is -0.119. The number of hydrogen-bond acceptors (Lipinski definition) is 2. The second-order valence-electron chi connectivity index (χ2n) is 3.24. The summed E-state index contributed by atoms with van der Waals surface area (Å²) in [4.78, 5) is 15.1. The normalized spacial score (nSPS) is 20.8. The van der Waals surface area contributed by atoms with Gasteiger partial charge >= 0.3 is 0 Å². The molecule has 0 saturated heterocycles. The van der Waals surface area contributed by atoms with Crippen LogP contribution in [-0.4, -0.2) is 10.9 Å². The molecule has 0 fully saturated rings. The Hall–Kier alpha value is -1.45. The van der Waals surface area contributed by atoms with Crippen LogP contribution in [0.3, 0.4) is 0 Å². The van der Waals surface area contributed by atoms with Gasteiger partial charge in [-0.05, 0) is 0 Å². The molecule has 1 atom stereocenters. The van der Waals surface area contributed by atoms with E-state index < -0.39 is 5.82 Å². The van der Waals surface area contributed by atoms with Gasteiger partial charge in [0.15, 0.2) is 0 Å². The first-order valence-corrected chi connectivity index (χ1v) is 4.12. The Balaban J connectivity index is 2.42. The van der Waals surface area contributed by atoms with Crippen LogP contribution in [0.4, 0.5) is 10.1 Å². The van der Waals surface area contributed by atoms with Gasteiger partial charge in [0, 0.05) is 18.4 Å². The van der Waals surface area contributed by atoms with Crippen LogP contribution in [0, 0.1) is 11.7 Å². The smallest absolute Gasteiger partial charge is 0.227 e.